The Kier molecular flexibility index (Phi) is 3.15. The Balaban J connectivity index is 3.14. The second-order valence-electron chi connectivity index (χ2n) is 2.68. The fourth-order valence-corrected chi connectivity index (χ4v) is 1.50. The zero-order valence-corrected chi connectivity index (χ0v) is 9.08. The number of halogens is 1. The van der Waals surface area contributed by atoms with Gasteiger partial charge in [-0.3, -0.25) is 10.1 Å². The standard InChI is InChI=1S/C7H6ClNO5S/c1-5-2-3-6(14-15(8,12)13)4-7(5)9(10)11/h2-4H,1H3. The Labute approximate surface area is 90.2 Å². The summed E-state index contributed by atoms with van der Waals surface area (Å²) in [6.07, 6.45) is 0. The van der Waals surface area contributed by atoms with E-state index in [1.807, 2.05) is 0 Å². The highest BCUT2D eigenvalue weighted by Gasteiger charge is 2.14. The molecule has 0 unspecified atom stereocenters. The monoisotopic (exact) mass is 251 g/mol. The topological polar surface area (TPSA) is 86.5 Å². The average Bonchev–Trinajstić information content (AvgIpc) is 2.05. The van der Waals surface area contributed by atoms with Gasteiger partial charge in [0.25, 0.3) is 5.69 Å². The molecule has 0 aliphatic carbocycles. The Morgan fingerprint density at radius 3 is 2.53 bits per heavy atom. The maximum Gasteiger partial charge on any atom is 0.401 e. The third-order valence-electron chi connectivity index (χ3n) is 1.57. The fourth-order valence-electron chi connectivity index (χ4n) is 0.953. The molecule has 0 saturated carbocycles. The van der Waals surface area contributed by atoms with Crippen LogP contribution in [-0.4, -0.2) is 13.3 Å². The van der Waals surface area contributed by atoms with Crippen molar-refractivity contribution in [2.45, 2.75) is 6.92 Å². The highest BCUT2D eigenvalue weighted by molar-refractivity contribution is 8.10. The summed E-state index contributed by atoms with van der Waals surface area (Å²) in [5.41, 5.74) is 0.173. The van der Waals surface area contributed by atoms with Gasteiger partial charge in [0.2, 0.25) is 0 Å². The number of nitrogens with zero attached hydrogens (tertiary/aromatic N) is 1. The number of hydrogen-bond acceptors (Lipinski definition) is 5. The molecule has 0 aliphatic heterocycles. The molecule has 0 aliphatic rings. The molecule has 0 saturated heterocycles. The van der Waals surface area contributed by atoms with Gasteiger partial charge in [0.05, 0.1) is 21.7 Å². The van der Waals surface area contributed by atoms with E-state index in [9.17, 15) is 18.5 Å². The van der Waals surface area contributed by atoms with E-state index in [2.05, 4.69) is 4.18 Å². The first kappa shape index (κ1) is 11.7. The van der Waals surface area contributed by atoms with Crippen LogP contribution in [0.2, 0.25) is 0 Å². The van der Waals surface area contributed by atoms with Crippen LogP contribution in [0.15, 0.2) is 18.2 Å². The van der Waals surface area contributed by atoms with Crippen LogP contribution in [-0.2, 0) is 9.33 Å². The quantitative estimate of drug-likeness (QED) is 0.464. The number of aryl methyl sites for hydroxylation is 1. The minimum Gasteiger partial charge on any atom is -0.371 e. The van der Waals surface area contributed by atoms with Crippen LogP contribution < -0.4 is 4.18 Å². The zero-order chi connectivity index (χ0) is 11.6. The molecule has 15 heavy (non-hydrogen) atoms. The van der Waals surface area contributed by atoms with Gasteiger partial charge in [0, 0.05) is 5.56 Å². The molecule has 0 heterocycles. The van der Waals surface area contributed by atoms with Crippen molar-refractivity contribution in [3.63, 3.8) is 0 Å². The molecule has 0 spiro atoms. The lowest BCUT2D eigenvalue weighted by molar-refractivity contribution is -0.385. The van der Waals surface area contributed by atoms with Gasteiger partial charge in [-0.15, -0.1) is 0 Å². The van der Waals surface area contributed by atoms with Gasteiger partial charge in [-0.1, -0.05) is 0 Å². The van der Waals surface area contributed by atoms with Crippen molar-refractivity contribution >= 4 is 25.7 Å². The van der Waals surface area contributed by atoms with E-state index in [-0.39, 0.29) is 11.4 Å². The van der Waals surface area contributed by atoms with Crippen molar-refractivity contribution in [2.24, 2.45) is 0 Å². The van der Waals surface area contributed by atoms with E-state index < -0.39 is 14.3 Å². The summed E-state index contributed by atoms with van der Waals surface area (Å²) < 4.78 is 25.4. The molecule has 0 atom stereocenters. The van der Waals surface area contributed by atoms with Gasteiger partial charge in [0.1, 0.15) is 0 Å². The summed E-state index contributed by atoms with van der Waals surface area (Å²) in [5.74, 6) is -0.192. The smallest absolute Gasteiger partial charge is 0.371 e. The Hall–Kier alpha value is -1.34. The molecule has 0 bridgehead atoms. The Morgan fingerprint density at radius 1 is 1.47 bits per heavy atom. The third kappa shape index (κ3) is 3.37. The molecular formula is C7H6ClNO5S. The highest BCUT2D eigenvalue weighted by atomic mass is 35.7. The lowest BCUT2D eigenvalue weighted by Crippen LogP contribution is -2.01. The van der Waals surface area contributed by atoms with E-state index in [0.29, 0.717) is 5.56 Å². The van der Waals surface area contributed by atoms with Gasteiger partial charge in [-0.2, -0.15) is 8.42 Å². The summed E-state index contributed by atoms with van der Waals surface area (Å²) in [5, 5.41) is 10.5. The van der Waals surface area contributed by atoms with Crippen molar-refractivity contribution in [2.75, 3.05) is 0 Å². The van der Waals surface area contributed by atoms with E-state index in [1.54, 1.807) is 0 Å². The molecule has 0 radical (unpaired) electrons. The summed E-state index contributed by atoms with van der Waals surface area (Å²) in [7, 11) is 0.637. The van der Waals surface area contributed by atoms with Crippen LogP contribution in [0.3, 0.4) is 0 Å². The Morgan fingerprint density at radius 2 is 2.07 bits per heavy atom. The molecule has 1 aromatic rings. The van der Waals surface area contributed by atoms with E-state index in [4.69, 9.17) is 10.7 Å². The molecule has 1 aromatic carbocycles. The van der Waals surface area contributed by atoms with Gasteiger partial charge in [-0.05, 0) is 19.1 Å². The summed E-state index contributed by atoms with van der Waals surface area (Å²) in [6.45, 7) is 1.52. The molecule has 6 nitrogen and oxygen atoms in total. The van der Waals surface area contributed by atoms with Crippen molar-refractivity contribution in [1.82, 2.24) is 0 Å². The predicted molar refractivity (Wildman–Crippen MR) is 53.2 cm³/mol. The van der Waals surface area contributed by atoms with Crippen LogP contribution in [0.5, 0.6) is 5.75 Å². The first-order valence-corrected chi connectivity index (χ1v) is 5.92. The van der Waals surface area contributed by atoms with Gasteiger partial charge < -0.3 is 4.18 Å². The largest absolute Gasteiger partial charge is 0.401 e. The number of nitro groups is 1. The lowest BCUT2D eigenvalue weighted by Gasteiger charge is -2.02. The first-order chi connectivity index (χ1) is 6.79. The number of nitro benzene ring substituents is 1. The van der Waals surface area contributed by atoms with E-state index >= 15 is 0 Å². The second kappa shape index (κ2) is 4.03. The fraction of sp³-hybridized carbons (Fsp3) is 0.143. The summed E-state index contributed by atoms with van der Waals surface area (Å²) in [4.78, 5) is 9.87. The summed E-state index contributed by atoms with van der Waals surface area (Å²) >= 11 is 0. The van der Waals surface area contributed by atoms with Crippen LogP contribution in [0.1, 0.15) is 5.56 Å². The van der Waals surface area contributed by atoms with Crippen LogP contribution >= 0.6 is 10.7 Å². The first-order valence-electron chi connectivity index (χ1n) is 3.69. The van der Waals surface area contributed by atoms with Gasteiger partial charge in [-0.25, -0.2) is 0 Å². The van der Waals surface area contributed by atoms with Gasteiger partial charge in [0.15, 0.2) is 5.75 Å². The van der Waals surface area contributed by atoms with E-state index in [1.165, 1.54) is 19.1 Å². The zero-order valence-electron chi connectivity index (χ0n) is 7.51. The SMILES string of the molecule is Cc1ccc(OS(=O)(=O)Cl)cc1[N+](=O)[O-]. The normalized spacial score (nSPS) is 11.1. The van der Waals surface area contributed by atoms with Crippen molar-refractivity contribution in [1.29, 1.82) is 0 Å². The molecule has 1 rings (SSSR count). The van der Waals surface area contributed by atoms with Crippen molar-refractivity contribution < 1.29 is 17.5 Å². The van der Waals surface area contributed by atoms with Crippen LogP contribution in [0.4, 0.5) is 5.69 Å². The number of rotatable bonds is 3. The third-order valence-corrected chi connectivity index (χ3v) is 2.15. The Bertz CT molecular complexity index is 498. The maximum atomic E-state index is 10.5. The molecule has 0 amide bonds. The van der Waals surface area contributed by atoms with Crippen molar-refractivity contribution in [3.8, 4) is 5.75 Å². The van der Waals surface area contributed by atoms with Gasteiger partial charge >= 0.3 is 9.33 Å². The molecular weight excluding hydrogens is 246 g/mol. The number of hydrogen-bond donors (Lipinski definition) is 0. The van der Waals surface area contributed by atoms with Crippen LogP contribution in [0, 0.1) is 17.0 Å². The minimum absolute atomic E-state index is 0.192. The van der Waals surface area contributed by atoms with Crippen molar-refractivity contribution in [3.05, 3.63) is 33.9 Å². The minimum atomic E-state index is -4.18. The molecule has 82 valence electrons. The second-order valence-corrected chi connectivity index (χ2v) is 4.77. The molecule has 0 N–H and O–H groups in total. The van der Waals surface area contributed by atoms with E-state index in [0.717, 1.165) is 6.07 Å². The molecule has 0 aromatic heterocycles. The average molecular weight is 252 g/mol. The number of benzene rings is 1. The maximum absolute atomic E-state index is 10.5. The highest BCUT2D eigenvalue weighted by Crippen LogP contribution is 2.25. The summed E-state index contributed by atoms with van der Waals surface area (Å²) in [6, 6.07) is 3.65. The molecule has 0 fully saturated rings. The molecule has 8 heteroatoms. The lowest BCUT2D eigenvalue weighted by atomic mass is 10.2. The van der Waals surface area contributed by atoms with Crippen LogP contribution in [0.25, 0.3) is 0 Å². The predicted octanol–water partition coefficient (Wildman–Crippen LogP) is 1.77.